The lowest BCUT2D eigenvalue weighted by atomic mass is 10.1. The molecule has 6 nitrogen and oxygen atoms in total. The number of nitrogens with one attached hydrogen (secondary N) is 1. The topological polar surface area (TPSA) is 64.3 Å². The van der Waals surface area contributed by atoms with Gasteiger partial charge >= 0.3 is 6.36 Å². The molecule has 0 saturated heterocycles. The molecule has 126 valence electrons. The van der Waals surface area contributed by atoms with Crippen molar-refractivity contribution in [1.29, 1.82) is 0 Å². The summed E-state index contributed by atoms with van der Waals surface area (Å²) in [5, 5.41) is 7.35. The molecule has 3 rings (SSSR count). The number of nitrogens with zero attached hydrogens (tertiary/aromatic N) is 4. The molecule has 0 fully saturated rings. The summed E-state index contributed by atoms with van der Waals surface area (Å²) in [7, 11) is 0. The van der Waals surface area contributed by atoms with Gasteiger partial charge < -0.3 is 10.1 Å². The molecule has 0 aliphatic carbocycles. The van der Waals surface area contributed by atoms with Crippen molar-refractivity contribution in [2.24, 2.45) is 0 Å². The second kappa shape index (κ2) is 5.99. The van der Waals surface area contributed by atoms with Crippen LogP contribution in [0.5, 0.6) is 5.75 Å². The molecule has 0 amide bonds. The second-order valence-electron chi connectivity index (χ2n) is 5.24. The fourth-order valence-corrected chi connectivity index (χ4v) is 2.30. The molecular weight excluding hydrogens is 323 g/mol. The average molecular weight is 337 g/mol. The maximum Gasteiger partial charge on any atom is 0.573 e. The molecule has 0 unspecified atom stereocenters. The number of halogens is 3. The molecular formula is C15H14F3N5O. The van der Waals surface area contributed by atoms with Crippen LogP contribution in [0.2, 0.25) is 0 Å². The molecule has 9 heteroatoms. The van der Waals surface area contributed by atoms with Gasteiger partial charge in [0.15, 0.2) is 0 Å². The highest BCUT2D eigenvalue weighted by molar-refractivity contribution is 5.46. The Kier molecular flexibility index (Phi) is 4.00. The minimum absolute atomic E-state index is 0.167. The number of aryl methyl sites for hydroxylation is 1. The van der Waals surface area contributed by atoms with Crippen molar-refractivity contribution in [1.82, 2.24) is 19.6 Å². The molecule has 3 aromatic rings. The first-order valence-corrected chi connectivity index (χ1v) is 7.11. The molecule has 2 heterocycles. The third-order valence-electron chi connectivity index (χ3n) is 3.36. The quantitative estimate of drug-likeness (QED) is 0.789. The monoisotopic (exact) mass is 337 g/mol. The Bertz CT molecular complexity index is 844. The molecule has 24 heavy (non-hydrogen) atoms. The normalized spacial score (nSPS) is 13.0. The molecule has 0 spiro atoms. The number of anilines is 1. The van der Waals surface area contributed by atoms with Crippen molar-refractivity contribution in [2.45, 2.75) is 26.3 Å². The van der Waals surface area contributed by atoms with Crippen LogP contribution in [0.3, 0.4) is 0 Å². The summed E-state index contributed by atoms with van der Waals surface area (Å²) >= 11 is 0. The molecule has 0 saturated carbocycles. The van der Waals surface area contributed by atoms with E-state index in [1.807, 2.05) is 19.9 Å². The highest BCUT2D eigenvalue weighted by Gasteiger charge is 2.31. The van der Waals surface area contributed by atoms with Gasteiger partial charge in [-0.2, -0.15) is 14.6 Å². The van der Waals surface area contributed by atoms with Crippen molar-refractivity contribution >= 4 is 11.6 Å². The van der Waals surface area contributed by atoms with Gasteiger partial charge in [0, 0.05) is 17.8 Å². The largest absolute Gasteiger partial charge is 0.573 e. The maximum absolute atomic E-state index is 12.2. The molecule has 0 aliphatic rings. The van der Waals surface area contributed by atoms with Gasteiger partial charge in [-0.15, -0.1) is 13.2 Å². The number of rotatable bonds is 4. The van der Waals surface area contributed by atoms with Crippen LogP contribution < -0.4 is 10.1 Å². The Labute approximate surface area is 135 Å². The van der Waals surface area contributed by atoms with Gasteiger partial charge in [0.2, 0.25) is 0 Å². The first-order chi connectivity index (χ1) is 11.3. The van der Waals surface area contributed by atoms with E-state index in [1.54, 1.807) is 16.6 Å². The fraction of sp³-hybridized carbons (Fsp3) is 0.267. The van der Waals surface area contributed by atoms with Crippen molar-refractivity contribution < 1.29 is 17.9 Å². The van der Waals surface area contributed by atoms with Gasteiger partial charge in [-0.1, -0.05) is 12.1 Å². The van der Waals surface area contributed by atoms with Crippen molar-refractivity contribution in [3.63, 3.8) is 0 Å². The van der Waals surface area contributed by atoms with Crippen LogP contribution in [0, 0.1) is 6.92 Å². The predicted molar refractivity (Wildman–Crippen MR) is 80.7 cm³/mol. The number of aromatic nitrogens is 4. The first-order valence-electron chi connectivity index (χ1n) is 7.11. The Morgan fingerprint density at radius 1 is 1.21 bits per heavy atom. The van der Waals surface area contributed by atoms with E-state index in [1.165, 1.54) is 18.5 Å². The number of hydrogen-bond donors (Lipinski definition) is 1. The van der Waals surface area contributed by atoms with Crippen LogP contribution in [-0.2, 0) is 0 Å². The Morgan fingerprint density at radius 2 is 1.92 bits per heavy atom. The molecule has 1 N–H and O–H groups in total. The van der Waals surface area contributed by atoms with Gasteiger partial charge in [-0.3, -0.25) is 0 Å². The molecule has 0 bridgehead atoms. The number of ether oxygens (including phenoxy) is 1. The SMILES string of the molecule is Cc1cc(N[C@H](C)c2ccc(OC(F)(F)F)cc2)n2ncnc2n1. The minimum Gasteiger partial charge on any atom is -0.406 e. The van der Waals surface area contributed by atoms with Crippen molar-refractivity contribution in [3.8, 4) is 5.75 Å². The summed E-state index contributed by atoms with van der Waals surface area (Å²) in [5.41, 5.74) is 1.58. The lowest BCUT2D eigenvalue weighted by Crippen LogP contribution is -2.17. The maximum atomic E-state index is 12.2. The van der Waals surface area contributed by atoms with Crippen molar-refractivity contribution in [3.05, 3.63) is 47.9 Å². The van der Waals surface area contributed by atoms with E-state index < -0.39 is 6.36 Å². The first kappa shape index (κ1) is 16.0. The molecule has 2 aromatic heterocycles. The Balaban J connectivity index is 1.79. The highest BCUT2D eigenvalue weighted by atomic mass is 19.4. The zero-order chi connectivity index (χ0) is 17.3. The summed E-state index contributed by atoms with van der Waals surface area (Å²) in [6, 6.07) is 7.36. The van der Waals surface area contributed by atoms with Gasteiger partial charge in [-0.25, -0.2) is 4.98 Å². The predicted octanol–water partition coefficient (Wildman–Crippen LogP) is 3.50. The lowest BCUT2D eigenvalue weighted by Gasteiger charge is -2.17. The number of fused-ring (bicyclic) bond motifs is 1. The molecule has 1 atom stereocenters. The minimum atomic E-state index is -4.70. The summed E-state index contributed by atoms with van der Waals surface area (Å²) < 4.78 is 42.0. The van der Waals surface area contributed by atoms with E-state index in [2.05, 4.69) is 25.1 Å². The van der Waals surface area contributed by atoms with Gasteiger partial charge in [0.25, 0.3) is 5.78 Å². The van der Waals surface area contributed by atoms with E-state index in [-0.39, 0.29) is 11.8 Å². The smallest absolute Gasteiger partial charge is 0.406 e. The van der Waals surface area contributed by atoms with E-state index in [0.29, 0.717) is 11.6 Å². The lowest BCUT2D eigenvalue weighted by molar-refractivity contribution is -0.274. The zero-order valence-corrected chi connectivity index (χ0v) is 12.9. The van der Waals surface area contributed by atoms with Crippen LogP contribution in [-0.4, -0.2) is 25.9 Å². The van der Waals surface area contributed by atoms with Crippen molar-refractivity contribution in [2.75, 3.05) is 5.32 Å². The molecule has 1 aromatic carbocycles. The number of benzene rings is 1. The number of hydrogen-bond acceptors (Lipinski definition) is 5. The fourth-order valence-electron chi connectivity index (χ4n) is 2.30. The Morgan fingerprint density at radius 3 is 2.58 bits per heavy atom. The third-order valence-corrected chi connectivity index (χ3v) is 3.36. The second-order valence-corrected chi connectivity index (χ2v) is 5.24. The molecule has 0 aliphatic heterocycles. The van der Waals surface area contributed by atoms with Gasteiger partial charge in [0.1, 0.15) is 17.9 Å². The van der Waals surface area contributed by atoms with Crippen LogP contribution in [0.25, 0.3) is 5.78 Å². The van der Waals surface area contributed by atoms with Gasteiger partial charge in [-0.05, 0) is 31.5 Å². The van der Waals surface area contributed by atoms with E-state index >= 15 is 0 Å². The standard InChI is InChI=1S/C15H14F3N5O/c1-9-7-13(23-14(21-9)19-8-20-23)22-10(2)11-3-5-12(6-4-11)24-15(16,17)18/h3-8,10,22H,1-2H3/t10-/m1/s1. The van der Waals surface area contributed by atoms with Gasteiger partial charge in [0.05, 0.1) is 0 Å². The van der Waals surface area contributed by atoms with E-state index in [4.69, 9.17) is 0 Å². The number of alkyl halides is 3. The van der Waals surface area contributed by atoms with E-state index in [9.17, 15) is 13.2 Å². The highest BCUT2D eigenvalue weighted by Crippen LogP contribution is 2.25. The summed E-state index contributed by atoms with van der Waals surface area (Å²) in [6.07, 6.45) is -3.29. The third kappa shape index (κ3) is 3.55. The summed E-state index contributed by atoms with van der Waals surface area (Å²) in [5.74, 6) is 0.911. The van der Waals surface area contributed by atoms with E-state index in [0.717, 1.165) is 11.3 Å². The zero-order valence-electron chi connectivity index (χ0n) is 12.9. The van der Waals surface area contributed by atoms with Crippen LogP contribution in [0.4, 0.5) is 19.0 Å². The van der Waals surface area contributed by atoms with Crippen LogP contribution in [0.1, 0.15) is 24.2 Å². The van der Waals surface area contributed by atoms with Crippen LogP contribution >= 0.6 is 0 Å². The summed E-state index contributed by atoms with van der Waals surface area (Å²) in [6.45, 7) is 3.73. The van der Waals surface area contributed by atoms with Crippen LogP contribution in [0.15, 0.2) is 36.7 Å². The average Bonchev–Trinajstić information content (AvgIpc) is 2.94. The Hall–Kier alpha value is -2.84. The summed E-state index contributed by atoms with van der Waals surface area (Å²) in [4.78, 5) is 8.29. The molecule has 0 radical (unpaired) electrons.